The van der Waals surface area contributed by atoms with Crippen LogP contribution in [0.25, 0.3) is 10.9 Å². The summed E-state index contributed by atoms with van der Waals surface area (Å²) in [4.78, 5) is 18.9. The Morgan fingerprint density at radius 1 is 1.40 bits per heavy atom. The molecule has 1 aliphatic rings. The first-order valence-corrected chi connectivity index (χ1v) is 6.97. The van der Waals surface area contributed by atoms with Crippen LogP contribution in [0.4, 0.5) is 0 Å². The molecule has 1 amide bonds. The maximum atomic E-state index is 12.6. The molecule has 1 aliphatic heterocycles. The summed E-state index contributed by atoms with van der Waals surface area (Å²) in [5.74, 6) is 0.0567. The number of hydrogen-bond donors (Lipinski definition) is 1. The molecule has 20 heavy (non-hydrogen) atoms. The maximum absolute atomic E-state index is 12.6. The van der Waals surface area contributed by atoms with E-state index in [2.05, 4.69) is 11.9 Å². The number of fused-ring (bicyclic) bond motifs is 1. The maximum Gasteiger partial charge on any atom is 0.254 e. The van der Waals surface area contributed by atoms with Crippen LogP contribution >= 0.6 is 0 Å². The third-order valence-corrected chi connectivity index (χ3v) is 4.08. The number of aryl methyl sites for hydroxylation is 1. The highest BCUT2D eigenvalue weighted by molar-refractivity contribution is 6.06. The zero-order valence-corrected chi connectivity index (χ0v) is 11.9. The molecule has 1 aromatic heterocycles. The standard InChI is InChI=1S/C16H19N3O/c1-3-16(17)9-19(10-16)15(20)13-8-11(2)18-14-7-5-4-6-12(13)14/h4-8H,3,9-10,17H2,1-2H3. The van der Waals surface area contributed by atoms with Crippen molar-refractivity contribution in [3.63, 3.8) is 0 Å². The zero-order valence-electron chi connectivity index (χ0n) is 11.9. The molecule has 2 aromatic rings. The normalized spacial score (nSPS) is 17.1. The number of likely N-dealkylation sites (tertiary alicyclic amines) is 1. The molecule has 0 saturated carbocycles. The number of nitrogens with zero attached hydrogens (tertiary/aromatic N) is 2. The van der Waals surface area contributed by atoms with E-state index >= 15 is 0 Å². The van der Waals surface area contributed by atoms with Crippen molar-refractivity contribution in [3.05, 3.63) is 41.6 Å². The van der Waals surface area contributed by atoms with Crippen molar-refractivity contribution in [2.45, 2.75) is 25.8 Å². The van der Waals surface area contributed by atoms with Crippen LogP contribution in [0.5, 0.6) is 0 Å². The molecule has 4 nitrogen and oxygen atoms in total. The highest BCUT2D eigenvalue weighted by atomic mass is 16.2. The summed E-state index contributed by atoms with van der Waals surface area (Å²) in [6, 6.07) is 9.63. The van der Waals surface area contributed by atoms with Gasteiger partial charge in [-0.2, -0.15) is 0 Å². The molecule has 1 fully saturated rings. The van der Waals surface area contributed by atoms with Gasteiger partial charge in [0.15, 0.2) is 0 Å². The minimum Gasteiger partial charge on any atom is -0.335 e. The number of benzene rings is 1. The number of pyridine rings is 1. The molecule has 2 N–H and O–H groups in total. The Kier molecular flexibility index (Phi) is 2.98. The monoisotopic (exact) mass is 269 g/mol. The first-order valence-electron chi connectivity index (χ1n) is 6.97. The molecule has 3 rings (SSSR count). The molecule has 2 heterocycles. The molecular formula is C16H19N3O. The van der Waals surface area contributed by atoms with Gasteiger partial charge in [0.2, 0.25) is 0 Å². The second kappa shape index (κ2) is 4.56. The van der Waals surface area contributed by atoms with Gasteiger partial charge in [-0.1, -0.05) is 25.1 Å². The molecular weight excluding hydrogens is 250 g/mol. The molecule has 0 bridgehead atoms. The molecule has 104 valence electrons. The number of amides is 1. The van der Waals surface area contributed by atoms with Crippen molar-refractivity contribution in [1.29, 1.82) is 0 Å². The van der Waals surface area contributed by atoms with Gasteiger partial charge in [0.25, 0.3) is 5.91 Å². The number of para-hydroxylation sites is 1. The molecule has 0 unspecified atom stereocenters. The molecule has 1 saturated heterocycles. The Morgan fingerprint density at radius 2 is 2.10 bits per heavy atom. The summed E-state index contributed by atoms with van der Waals surface area (Å²) in [6.07, 6.45) is 0.896. The largest absolute Gasteiger partial charge is 0.335 e. The van der Waals surface area contributed by atoms with Crippen LogP contribution in [0.15, 0.2) is 30.3 Å². The van der Waals surface area contributed by atoms with E-state index in [1.165, 1.54) is 0 Å². The molecule has 0 radical (unpaired) electrons. The highest BCUT2D eigenvalue weighted by Crippen LogP contribution is 2.26. The predicted molar refractivity (Wildman–Crippen MR) is 79.6 cm³/mol. The van der Waals surface area contributed by atoms with Gasteiger partial charge in [0.05, 0.1) is 16.6 Å². The summed E-state index contributed by atoms with van der Waals surface area (Å²) in [5.41, 5.74) is 8.40. The fourth-order valence-corrected chi connectivity index (χ4v) is 2.74. The van der Waals surface area contributed by atoms with Crippen LogP contribution in [-0.4, -0.2) is 34.4 Å². The molecule has 0 atom stereocenters. The Balaban J connectivity index is 1.97. The van der Waals surface area contributed by atoms with Crippen molar-refractivity contribution in [3.8, 4) is 0 Å². The van der Waals surface area contributed by atoms with Gasteiger partial charge >= 0.3 is 0 Å². The fraction of sp³-hybridized carbons (Fsp3) is 0.375. The summed E-state index contributed by atoms with van der Waals surface area (Å²) in [7, 11) is 0. The van der Waals surface area contributed by atoms with E-state index in [0.29, 0.717) is 13.1 Å². The summed E-state index contributed by atoms with van der Waals surface area (Å²) in [5, 5.41) is 0.911. The molecule has 0 aliphatic carbocycles. The van der Waals surface area contributed by atoms with E-state index in [9.17, 15) is 4.79 Å². The van der Waals surface area contributed by atoms with E-state index in [4.69, 9.17) is 5.73 Å². The Labute approximate surface area is 118 Å². The molecule has 0 spiro atoms. The van der Waals surface area contributed by atoms with Crippen LogP contribution in [0, 0.1) is 6.92 Å². The fourth-order valence-electron chi connectivity index (χ4n) is 2.74. The van der Waals surface area contributed by atoms with Gasteiger partial charge in [0, 0.05) is 24.2 Å². The lowest BCUT2D eigenvalue weighted by Crippen LogP contribution is -2.68. The van der Waals surface area contributed by atoms with Gasteiger partial charge in [-0.15, -0.1) is 0 Å². The first kappa shape index (κ1) is 13.1. The quantitative estimate of drug-likeness (QED) is 0.908. The third-order valence-electron chi connectivity index (χ3n) is 4.08. The SMILES string of the molecule is CCC1(N)CN(C(=O)c2cc(C)nc3ccccc23)C1. The lowest BCUT2D eigenvalue weighted by Gasteiger charge is -2.47. The van der Waals surface area contributed by atoms with Crippen molar-refractivity contribution in [1.82, 2.24) is 9.88 Å². The van der Waals surface area contributed by atoms with Crippen LogP contribution < -0.4 is 5.73 Å². The van der Waals surface area contributed by atoms with E-state index < -0.39 is 0 Å². The van der Waals surface area contributed by atoms with E-state index in [1.807, 2.05) is 42.2 Å². The van der Waals surface area contributed by atoms with E-state index in [1.54, 1.807) is 0 Å². The van der Waals surface area contributed by atoms with Gasteiger partial charge in [-0.3, -0.25) is 9.78 Å². The smallest absolute Gasteiger partial charge is 0.254 e. The number of nitrogens with two attached hydrogens (primary N) is 1. The van der Waals surface area contributed by atoms with Gasteiger partial charge < -0.3 is 10.6 Å². The number of carbonyl (C=O) groups is 1. The zero-order chi connectivity index (χ0) is 14.3. The predicted octanol–water partition coefficient (Wildman–Crippen LogP) is 2.11. The molecule has 1 aromatic carbocycles. The topological polar surface area (TPSA) is 59.2 Å². The van der Waals surface area contributed by atoms with Crippen molar-refractivity contribution >= 4 is 16.8 Å². The third kappa shape index (κ3) is 2.06. The number of carbonyl (C=O) groups excluding carboxylic acids is 1. The highest BCUT2D eigenvalue weighted by Gasteiger charge is 2.40. The first-order chi connectivity index (χ1) is 9.52. The second-order valence-electron chi connectivity index (χ2n) is 5.71. The van der Waals surface area contributed by atoms with Gasteiger partial charge in [-0.05, 0) is 25.5 Å². The van der Waals surface area contributed by atoms with Gasteiger partial charge in [-0.25, -0.2) is 0 Å². The van der Waals surface area contributed by atoms with Gasteiger partial charge in [0.1, 0.15) is 0 Å². The van der Waals surface area contributed by atoms with Crippen LogP contribution in [0.1, 0.15) is 29.4 Å². The summed E-state index contributed by atoms with van der Waals surface area (Å²) in [6.45, 7) is 5.25. The Hall–Kier alpha value is -1.94. The Morgan fingerprint density at radius 3 is 2.80 bits per heavy atom. The van der Waals surface area contributed by atoms with E-state index in [0.717, 1.165) is 28.6 Å². The average Bonchev–Trinajstić information content (AvgIpc) is 2.42. The summed E-state index contributed by atoms with van der Waals surface area (Å²) >= 11 is 0. The Bertz CT molecular complexity index is 674. The van der Waals surface area contributed by atoms with E-state index in [-0.39, 0.29) is 11.4 Å². The number of aromatic nitrogens is 1. The lowest BCUT2D eigenvalue weighted by molar-refractivity contribution is 0.0403. The second-order valence-corrected chi connectivity index (χ2v) is 5.71. The minimum absolute atomic E-state index is 0.0567. The number of hydrogen-bond acceptors (Lipinski definition) is 3. The van der Waals surface area contributed by atoms with Crippen molar-refractivity contribution < 1.29 is 4.79 Å². The number of rotatable bonds is 2. The average molecular weight is 269 g/mol. The lowest BCUT2D eigenvalue weighted by atomic mass is 9.87. The van der Waals surface area contributed by atoms with Crippen LogP contribution in [-0.2, 0) is 0 Å². The van der Waals surface area contributed by atoms with Crippen molar-refractivity contribution in [2.24, 2.45) is 5.73 Å². The minimum atomic E-state index is -0.201. The summed E-state index contributed by atoms with van der Waals surface area (Å²) < 4.78 is 0. The van der Waals surface area contributed by atoms with Crippen molar-refractivity contribution in [2.75, 3.05) is 13.1 Å². The van der Waals surface area contributed by atoms with Crippen LogP contribution in [0.2, 0.25) is 0 Å². The molecule has 4 heteroatoms. The van der Waals surface area contributed by atoms with Crippen LogP contribution in [0.3, 0.4) is 0 Å².